The summed E-state index contributed by atoms with van der Waals surface area (Å²) in [6, 6.07) is 4.99. The molecular weight excluding hydrogens is 377 g/mol. The van der Waals surface area contributed by atoms with Crippen LogP contribution in [0, 0.1) is 0 Å². The van der Waals surface area contributed by atoms with E-state index in [4.69, 9.17) is 40.2 Å². The quantitative estimate of drug-likeness (QED) is 0.430. The van der Waals surface area contributed by atoms with Gasteiger partial charge in [-0.3, -0.25) is 14.5 Å². The fraction of sp³-hybridized carbons (Fsp3) is 0.267. The van der Waals surface area contributed by atoms with Crippen LogP contribution in [0.3, 0.4) is 0 Å². The number of carbonyl (C=O) groups is 2. The summed E-state index contributed by atoms with van der Waals surface area (Å²) in [6.07, 6.45) is 2.36. The van der Waals surface area contributed by atoms with E-state index in [0.29, 0.717) is 31.4 Å². The molecule has 1 heterocycles. The highest BCUT2D eigenvalue weighted by atomic mass is 35.5. The first-order chi connectivity index (χ1) is 10.9. The first-order valence-corrected chi connectivity index (χ1v) is 8.76. The Kier molecular flexibility index (Phi) is 6.47. The number of carbonyl (C=O) groups excluding carboxylic acids is 2. The molecule has 2 rings (SSSR count). The predicted molar refractivity (Wildman–Crippen MR) is 97.6 cm³/mol. The minimum absolute atomic E-state index is 0.184. The lowest BCUT2D eigenvalue weighted by molar-refractivity contribution is -0.146. The molecule has 1 fully saturated rings. The summed E-state index contributed by atoms with van der Waals surface area (Å²) in [4.78, 5) is 25.7. The van der Waals surface area contributed by atoms with Gasteiger partial charge in [-0.2, -0.15) is 0 Å². The molecule has 0 aromatic heterocycles. The molecule has 8 heteroatoms. The average Bonchev–Trinajstić information content (AvgIpc) is 2.75. The number of thioether (sulfide) groups is 1. The van der Waals surface area contributed by atoms with E-state index in [2.05, 4.69) is 0 Å². The highest BCUT2D eigenvalue weighted by Gasteiger charge is 2.33. The van der Waals surface area contributed by atoms with Crippen molar-refractivity contribution in [3.8, 4) is 0 Å². The third-order valence-electron chi connectivity index (χ3n) is 2.88. The highest BCUT2D eigenvalue weighted by Crippen LogP contribution is 2.34. The van der Waals surface area contributed by atoms with E-state index in [0.717, 1.165) is 18.2 Å². The van der Waals surface area contributed by atoms with E-state index in [9.17, 15) is 9.59 Å². The van der Waals surface area contributed by atoms with E-state index in [-0.39, 0.29) is 12.5 Å². The van der Waals surface area contributed by atoms with Crippen molar-refractivity contribution in [3.05, 3.63) is 38.7 Å². The van der Waals surface area contributed by atoms with Gasteiger partial charge in [-0.1, -0.05) is 60.2 Å². The van der Waals surface area contributed by atoms with Crippen LogP contribution in [0.1, 0.15) is 18.9 Å². The molecule has 0 atom stereocenters. The smallest absolute Gasteiger partial charge is 0.326 e. The van der Waals surface area contributed by atoms with Crippen LogP contribution >= 0.6 is 47.2 Å². The summed E-state index contributed by atoms with van der Waals surface area (Å²) < 4.78 is 5.30. The van der Waals surface area contributed by atoms with Crippen LogP contribution in [0.2, 0.25) is 10.0 Å². The fourth-order valence-corrected chi connectivity index (χ4v) is 3.50. The van der Waals surface area contributed by atoms with Gasteiger partial charge in [0.25, 0.3) is 5.91 Å². The molecule has 0 spiro atoms. The van der Waals surface area contributed by atoms with Gasteiger partial charge in [-0.05, 0) is 30.2 Å². The first-order valence-electron chi connectivity index (χ1n) is 6.78. The summed E-state index contributed by atoms with van der Waals surface area (Å²) in [5.41, 5.74) is 0.658. The largest absolute Gasteiger partial charge is 0.464 e. The van der Waals surface area contributed by atoms with Crippen molar-refractivity contribution >= 4 is 69.5 Å². The Morgan fingerprint density at radius 3 is 2.83 bits per heavy atom. The SMILES string of the molecule is CCCOC(=O)CN1C(=O)C(=Cc2ccc(Cl)cc2Cl)SC1=S. The number of halogens is 2. The summed E-state index contributed by atoms with van der Waals surface area (Å²) in [5, 5.41) is 0.948. The van der Waals surface area contributed by atoms with Gasteiger partial charge in [-0.15, -0.1) is 0 Å². The number of nitrogens with zero attached hydrogens (tertiary/aromatic N) is 1. The summed E-state index contributed by atoms with van der Waals surface area (Å²) in [5.74, 6) is -0.812. The minimum Gasteiger partial charge on any atom is -0.464 e. The molecule has 23 heavy (non-hydrogen) atoms. The van der Waals surface area contributed by atoms with Crippen LogP contribution in [0.5, 0.6) is 0 Å². The van der Waals surface area contributed by atoms with Crippen molar-refractivity contribution < 1.29 is 14.3 Å². The van der Waals surface area contributed by atoms with E-state index in [1.807, 2.05) is 6.92 Å². The van der Waals surface area contributed by atoms with Gasteiger partial charge in [-0.25, -0.2) is 0 Å². The van der Waals surface area contributed by atoms with Crippen molar-refractivity contribution in [2.75, 3.05) is 13.2 Å². The molecule has 0 bridgehead atoms. The van der Waals surface area contributed by atoms with Crippen molar-refractivity contribution in [2.24, 2.45) is 0 Å². The Morgan fingerprint density at radius 1 is 1.43 bits per heavy atom. The lowest BCUT2D eigenvalue weighted by Gasteiger charge is -2.13. The standard InChI is InChI=1S/C15H13Cl2NO3S2/c1-2-5-21-13(19)8-18-14(20)12(23-15(18)22)6-9-3-4-10(16)7-11(9)17/h3-4,6-7H,2,5,8H2,1H3. The molecule has 1 aliphatic heterocycles. The summed E-state index contributed by atoms with van der Waals surface area (Å²) in [7, 11) is 0. The lowest BCUT2D eigenvalue weighted by atomic mass is 10.2. The van der Waals surface area contributed by atoms with Gasteiger partial charge in [0.05, 0.1) is 11.5 Å². The van der Waals surface area contributed by atoms with Crippen molar-refractivity contribution in [3.63, 3.8) is 0 Å². The first kappa shape index (κ1) is 18.3. The predicted octanol–water partition coefficient (Wildman–Crippen LogP) is 4.15. The van der Waals surface area contributed by atoms with E-state index >= 15 is 0 Å². The van der Waals surface area contributed by atoms with Gasteiger partial charge >= 0.3 is 5.97 Å². The second-order valence-corrected chi connectivity index (χ2v) is 7.17. The summed E-state index contributed by atoms with van der Waals surface area (Å²) >= 11 is 18.2. The van der Waals surface area contributed by atoms with Crippen LogP contribution < -0.4 is 0 Å². The number of rotatable bonds is 5. The number of amides is 1. The molecule has 1 aromatic carbocycles. The Balaban J connectivity index is 2.14. The maximum absolute atomic E-state index is 12.4. The number of hydrogen-bond donors (Lipinski definition) is 0. The molecule has 1 saturated heterocycles. The normalized spacial score (nSPS) is 16.3. The van der Waals surface area contributed by atoms with Gasteiger partial charge in [0.15, 0.2) is 0 Å². The molecule has 0 saturated carbocycles. The van der Waals surface area contributed by atoms with Crippen LogP contribution in [-0.4, -0.2) is 34.2 Å². The van der Waals surface area contributed by atoms with Gasteiger partial charge < -0.3 is 4.74 Å². The molecular formula is C15H13Cl2NO3S2. The topological polar surface area (TPSA) is 46.6 Å². The maximum atomic E-state index is 12.4. The van der Waals surface area contributed by atoms with E-state index in [1.165, 1.54) is 4.90 Å². The molecule has 0 aliphatic carbocycles. The third-order valence-corrected chi connectivity index (χ3v) is 4.82. The minimum atomic E-state index is -0.478. The van der Waals surface area contributed by atoms with Crippen molar-refractivity contribution in [1.29, 1.82) is 0 Å². The van der Waals surface area contributed by atoms with Gasteiger partial charge in [0.1, 0.15) is 10.9 Å². The lowest BCUT2D eigenvalue weighted by Crippen LogP contribution is -2.34. The van der Waals surface area contributed by atoms with Crippen LogP contribution in [0.25, 0.3) is 6.08 Å². The number of esters is 1. The Bertz CT molecular complexity index is 691. The zero-order valence-electron chi connectivity index (χ0n) is 12.2. The zero-order valence-corrected chi connectivity index (χ0v) is 15.3. The number of benzene rings is 1. The molecule has 0 N–H and O–H groups in total. The molecule has 0 unspecified atom stereocenters. The molecule has 1 aromatic rings. The van der Waals surface area contributed by atoms with Crippen LogP contribution in [0.15, 0.2) is 23.1 Å². The van der Waals surface area contributed by atoms with E-state index < -0.39 is 5.97 Å². The molecule has 122 valence electrons. The summed E-state index contributed by atoms with van der Waals surface area (Å²) in [6.45, 7) is 2.03. The Morgan fingerprint density at radius 2 is 2.17 bits per heavy atom. The monoisotopic (exact) mass is 389 g/mol. The average molecular weight is 390 g/mol. The van der Waals surface area contributed by atoms with Crippen LogP contribution in [-0.2, 0) is 14.3 Å². The fourth-order valence-electron chi connectivity index (χ4n) is 1.79. The Labute approximate surface area is 153 Å². The number of thiocarbonyl (C=S) groups is 1. The molecule has 1 aliphatic rings. The molecule has 0 radical (unpaired) electrons. The van der Waals surface area contributed by atoms with Crippen LogP contribution in [0.4, 0.5) is 0 Å². The van der Waals surface area contributed by atoms with Crippen molar-refractivity contribution in [2.45, 2.75) is 13.3 Å². The molecule has 1 amide bonds. The Hall–Kier alpha value is -1.08. The van der Waals surface area contributed by atoms with Gasteiger partial charge in [0.2, 0.25) is 0 Å². The third kappa shape index (κ3) is 4.70. The second-order valence-electron chi connectivity index (χ2n) is 4.65. The highest BCUT2D eigenvalue weighted by molar-refractivity contribution is 8.26. The number of hydrogen-bond acceptors (Lipinski definition) is 5. The van der Waals surface area contributed by atoms with E-state index in [1.54, 1.807) is 24.3 Å². The number of ether oxygens (including phenoxy) is 1. The van der Waals surface area contributed by atoms with Gasteiger partial charge in [0, 0.05) is 10.0 Å². The molecule has 4 nitrogen and oxygen atoms in total. The van der Waals surface area contributed by atoms with Crippen molar-refractivity contribution in [1.82, 2.24) is 4.90 Å². The second kappa shape index (κ2) is 8.15. The zero-order chi connectivity index (χ0) is 17.0. The maximum Gasteiger partial charge on any atom is 0.326 e.